The summed E-state index contributed by atoms with van der Waals surface area (Å²) in [5.74, 6) is 0.187. The molecule has 1 aromatic carbocycles. The first-order chi connectivity index (χ1) is 8.13. The second-order valence-electron chi connectivity index (χ2n) is 3.84. The van der Waals surface area contributed by atoms with E-state index >= 15 is 0 Å². The lowest BCUT2D eigenvalue weighted by Gasteiger charge is -2.10. The highest BCUT2D eigenvalue weighted by molar-refractivity contribution is 7.80. The van der Waals surface area contributed by atoms with Crippen LogP contribution in [-0.2, 0) is 0 Å². The van der Waals surface area contributed by atoms with Crippen molar-refractivity contribution in [1.82, 2.24) is 10.3 Å². The number of aromatic hydroxyl groups is 1. The Morgan fingerprint density at radius 1 is 1.35 bits per heavy atom. The van der Waals surface area contributed by atoms with Gasteiger partial charge >= 0.3 is 0 Å². The molecule has 3 nitrogen and oxygen atoms in total. The highest BCUT2D eigenvalue weighted by Crippen LogP contribution is 2.26. The van der Waals surface area contributed by atoms with Crippen LogP contribution in [0.15, 0.2) is 24.3 Å². The fraction of sp³-hybridized carbons (Fsp3) is 0.231. The van der Waals surface area contributed by atoms with Gasteiger partial charge in [-0.1, -0.05) is 18.3 Å². The summed E-state index contributed by atoms with van der Waals surface area (Å²) >= 11 is 5.30. The molecule has 0 amide bonds. The summed E-state index contributed by atoms with van der Waals surface area (Å²) in [5, 5.41) is 13.8. The van der Waals surface area contributed by atoms with Crippen molar-refractivity contribution >= 4 is 28.1 Å². The lowest BCUT2D eigenvalue weighted by Crippen LogP contribution is -2.21. The maximum absolute atomic E-state index is 9.81. The van der Waals surface area contributed by atoms with E-state index in [9.17, 15) is 5.11 Å². The van der Waals surface area contributed by atoms with E-state index in [4.69, 9.17) is 12.2 Å². The molecule has 0 saturated heterocycles. The number of hydrogen-bond donors (Lipinski definition) is 2. The number of aryl methyl sites for hydroxylation is 1. The van der Waals surface area contributed by atoms with E-state index in [-0.39, 0.29) is 5.75 Å². The Morgan fingerprint density at radius 2 is 2.12 bits per heavy atom. The highest BCUT2D eigenvalue weighted by atomic mass is 32.1. The largest absolute Gasteiger partial charge is 0.506 e. The van der Waals surface area contributed by atoms with Crippen molar-refractivity contribution in [3.05, 3.63) is 35.5 Å². The van der Waals surface area contributed by atoms with Crippen LogP contribution in [0.3, 0.4) is 0 Å². The molecule has 1 aromatic heterocycles. The van der Waals surface area contributed by atoms with Gasteiger partial charge in [-0.3, -0.25) is 0 Å². The average Bonchev–Trinajstić information content (AvgIpc) is 2.30. The van der Waals surface area contributed by atoms with Gasteiger partial charge in [0.2, 0.25) is 0 Å². The molecule has 0 atom stereocenters. The minimum absolute atomic E-state index is 0.187. The molecular formula is C13H14N2OS. The van der Waals surface area contributed by atoms with E-state index in [0.29, 0.717) is 10.5 Å². The number of hydrogen-bond acceptors (Lipinski definition) is 3. The minimum Gasteiger partial charge on any atom is -0.506 e. The number of rotatable bonds is 2. The monoisotopic (exact) mass is 246 g/mol. The molecule has 1 heterocycles. The molecule has 17 heavy (non-hydrogen) atoms. The van der Waals surface area contributed by atoms with Crippen LogP contribution in [0.2, 0.25) is 0 Å². The van der Waals surface area contributed by atoms with Crippen molar-refractivity contribution in [2.45, 2.75) is 13.8 Å². The van der Waals surface area contributed by atoms with Gasteiger partial charge < -0.3 is 10.4 Å². The molecule has 0 fully saturated rings. The normalized spacial score (nSPS) is 10.5. The Hall–Kier alpha value is -1.68. The summed E-state index contributed by atoms with van der Waals surface area (Å²) in [7, 11) is 0. The molecule has 0 aliphatic carbocycles. The zero-order chi connectivity index (χ0) is 12.4. The average molecular weight is 246 g/mol. The van der Waals surface area contributed by atoms with E-state index in [1.807, 2.05) is 32.0 Å². The van der Waals surface area contributed by atoms with Gasteiger partial charge in [-0.2, -0.15) is 0 Å². The van der Waals surface area contributed by atoms with Gasteiger partial charge in [-0.05, 0) is 32.0 Å². The summed E-state index contributed by atoms with van der Waals surface area (Å²) in [5.41, 5.74) is 2.38. The number of phenolic OH excluding ortho intramolecular Hbond substituents is 1. The van der Waals surface area contributed by atoms with Gasteiger partial charge in [-0.15, -0.1) is 0 Å². The molecule has 0 unspecified atom stereocenters. The number of thiocarbonyl (C=S) groups is 1. The molecule has 88 valence electrons. The number of fused-ring (bicyclic) bond motifs is 1. The summed E-state index contributed by atoms with van der Waals surface area (Å²) in [6.07, 6.45) is 0. The molecule has 0 saturated carbocycles. The van der Waals surface area contributed by atoms with Crippen LogP contribution in [0.1, 0.15) is 18.2 Å². The molecule has 0 radical (unpaired) electrons. The maximum Gasteiger partial charge on any atom is 0.141 e. The van der Waals surface area contributed by atoms with Crippen molar-refractivity contribution in [3.63, 3.8) is 0 Å². The standard InChI is InChI=1S/C13H14N2OS/c1-3-14-13(17)10-6-7-11(16)12-9(10)5-4-8(2)15-12/h4-7,16H,3H2,1-2H3,(H,14,17). The molecular weight excluding hydrogens is 232 g/mol. The number of aromatic nitrogens is 1. The van der Waals surface area contributed by atoms with Gasteiger partial charge in [0.25, 0.3) is 0 Å². The van der Waals surface area contributed by atoms with Gasteiger partial charge in [-0.25, -0.2) is 4.98 Å². The molecule has 0 spiro atoms. The van der Waals surface area contributed by atoms with Gasteiger partial charge in [0.05, 0.1) is 0 Å². The topological polar surface area (TPSA) is 45.1 Å². The summed E-state index contributed by atoms with van der Waals surface area (Å²) in [4.78, 5) is 5.02. The van der Waals surface area contributed by atoms with Crippen molar-refractivity contribution in [2.24, 2.45) is 0 Å². The third kappa shape index (κ3) is 2.22. The van der Waals surface area contributed by atoms with E-state index in [2.05, 4.69) is 10.3 Å². The second kappa shape index (κ2) is 4.67. The number of nitrogens with zero attached hydrogens (tertiary/aromatic N) is 1. The number of pyridine rings is 1. The zero-order valence-corrected chi connectivity index (χ0v) is 10.6. The van der Waals surface area contributed by atoms with Crippen LogP contribution in [0.4, 0.5) is 0 Å². The van der Waals surface area contributed by atoms with Crippen LogP contribution in [0.5, 0.6) is 5.75 Å². The van der Waals surface area contributed by atoms with Gasteiger partial charge in [0.15, 0.2) is 0 Å². The Kier molecular flexibility index (Phi) is 3.24. The van der Waals surface area contributed by atoms with Crippen molar-refractivity contribution in [1.29, 1.82) is 0 Å². The van der Waals surface area contributed by atoms with Crippen molar-refractivity contribution in [2.75, 3.05) is 6.54 Å². The zero-order valence-electron chi connectivity index (χ0n) is 9.82. The minimum atomic E-state index is 0.187. The number of nitrogens with one attached hydrogen (secondary N) is 1. The lowest BCUT2D eigenvalue weighted by atomic mass is 10.1. The van der Waals surface area contributed by atoms with E-state index in [1.54, 1.807) is 6.07 Å². The first-order valence-electron chi connectivity index (χ1n) is 5.51. The fourth-order valence-corrected chi connectivity index (χ4v) is 2.08. The second-order valence-corrected chi connectivity index (χ2v) is 4.25. The quantitative estimate of drug-likeness (QED) is 0.799. The fourth-order valence-electron chi connectivity index (χ4n) is 1.75. The molecule has 2 N–H and O–H groups in total. The summed E-state index contributed by atoms with van der Waals surface area (Å²) < 4.78 is 0. The maximum atomic E-state index is 9.81. The van der Waals surface area contributed by atoms with Crippen LogP contribution in [0, 0.1) is 6.92 Å². The van der Waals surface area contributed by atoms with Crippen molar-refractivity contribution < 1.29 is 5.11 Å². The summed E-state index contributed by atoms with van der Waals surface area (Å²) in [6.45, 7) is 4.67. The number of benzene rings is 1. The Labute approximate surface area is 105 Å². The predicted molar refractivity (Wildman–Crippen MR) is 73.5 cm³/mol. The molecule has 4 heteroatoms. The van der Waals surface area contributed by atoms with Crippen LogP contribution < -0.4 is 5.32 Å². The molecule has 2 aromatic rings. The molecule has 0 aliphatic heterocycles. The molecule has 2 rings (SSSR count). The van der Waals surface area contributed by atoms with Crippen molar-refractivity contribution in [3.8, 4) is 5.75 Å². The third-order valence-corrected chi connectivity index (χ3v) is 2.92. The summed E-state index contributed by atoms with van der Waals surface area (Å²) in [6, 6.07) is 7.31. The molecule has 0 aliphatic rings. The smallest absolute Gasteiger partial charge is 0.141 e. The van der Waals surface area contributed by atoms with Crippen LogP contribution in [-0.4, -0.2) is 21.6 Å². The number of phenols is 1. The Bertz CT molecular complexity index is 581. The van der Waals surface area contributed by atoms with E-state index in [1.165, 1.54) is 0 Å². The van der Waals surface area contributed by atoms with Crippen LogP contribution in [0.25, 0.3) is 10.9 Å². The first kappa shape index (κ1) is 11.8. The highest BCUT2D eigenvalue weighted by Gasteiger charge is 2.09. The Morgan fingerprint density at radius 3 is 2.82 bits per heavy atom. The first-order valence-corrected chi connectivity index (χ1v) is 5.92. The Balaban J connectivity index is 2.66. The predicted octanol–water partition coefficient (Wildman–Crippen LogP) is 2.53. The molecule has 0 bridgehead atoms. The van der Waals surface area contributed by atoms with E-state index in [0.717, 1.165) is 23.2 Å². The third-order valence-electron chi connectivity index (χ3n) is 2.56. The lowest BCUT2D eigenvalue weighted by molar-refractivity contribution is 0.480. The van der Waals surface area contributed by atoms with Gasteiger partial charge in [0.1, 0.15) is 16.3 Å². The van der Waals surface area contributed by atoms with Crippen LogP contribution >= 0.6 is 12.2 Å². The SMILES string of the molecule is CCNC(=S)c1ccc(O)c2nc(C)ccc12. The van der Waals surface area contributed by atoms with Gasteiger partial charge in [0, 0.05) is 23.2 Å². The van der Waals surface area contributed by atoms with E-state index < -0.39 is 0 Å².